The van der Waals surface area contributed by atoms with Crippen molar-refractivity contribution in [3.63, 3.8) is 0 Å². The first kappa shape index (κ1) is 16.1. The zero-order valence-corrected chi connectivity index (χ0v) is 14.0. The molecule has 124 valence electrons. The average Bonchev–Trinajstić information content (AvgIpc) is 3.22. The summed E-state index contributed by atoms with van der Waals surface area (Å²) >= 11 is 1.16. The maximum atomic E-state index is 12.0. The zero-order valence-electron chi connectivity index (χ0n) is 13.2. The number of imidazole rings is 1. The van der Waals surface area contributed by atoms with E-state index >= 15 is 0 Å². The van der Waals surface area contributed by atoms with Gasteiger partial charge in [0, 0.05) is 20.0 Å². The third-order valence-electron chi connectivity index (χ3n) is 3.53. The van der Waals surface area contributed by atoms with E-state index < -0.39 is 0 Å². The van der Waals surface area contributed by atoms with Crippen molar-refractivity contribution in [2.45, 2.75) is 19.4 Å². The standard InChI is InChI=1S/C16H17N5O2S/c1-17-15(23)13-9-18-16(24-13)20-14(22)7-4-8-21-10-19-11-5-2-3-6-12(11)21/h2-3,5-6,9-10H,4,7-8H2,1H3,(H,17,23)(H,18,20,22). The fourth-order valence-electron chi connectivity index (χ4n) is 2.34. The number of anilines is 1. The summed E-state index contributed by atoms with van der Waals surface area (Å²) in [5, 5.41) is 5.68. The molecule has 2 aromatic heterocycles. The Morgan fingerprint density at radius 1 is 1.25 bits per heavy atom. The van der Waals surface area contributed by atoms with Crippen molar-refractivity contribution in [3.05, 3.63) is 41.7 Å². The normalized spacial score (nSPS) is 10.7. The molecule has 0 aliphatic rings. The van der Waals surface area contributed by atoms with Gasteiger partial charge in [-0.1, -0.05) is 23.5 Å². The van der Waals surface area contributed by atoms with Crippen LogP contribution in [0.1, 0.15) is 22.5 Å². The second-order valence-corrected chi connectivity index (χ2v) is 6.22. The maximum Gasteiger partial charge on any atom is 0.262 e. The van der Waals surface area contributed by atoms with E-state index in [9.17, 15) is 9.59 Å². The maximum absolute atomic E-state index is 12.0. The molecule has 2 amide bonds. The van der Waals surface area contributed by atoms with E-state index in [1.807, 2.05) is 28.8 Å². The molecule has 0 bridgehead atoms. The van der Waals surface area contributed by atoms with E-state index in [4.69, 9.17) is 0 Å². The highest BCUT2D eigenvalue weighted by atomic mass is 32.1. The largest absolute Gasteiger partial charge is 0.354 e. The van der Waals surface area contributed by atoms with Gasteiger partial charge >= 0.3 is 0 Å². The summed E-state index contributed by atoms with van der Waals surface area (Å²) in [7, 11) is 1.56. The van der Waals surface area contributed by atoms with Crippen molar-refractivity contribution >= 4 is 39.3 Å². The highest BCUT2D eigenvalue weighted by molar-refractivity contribution is 7.17. The van der Waals surface area contributed by atoms with Crippen LogP contribution in [0.15, 0.2) is 36.8 Å². The van der Waals surface area contributed by atoms with Gasteiger partial charge in [0.1, 0.15) is 4.88 Å². The second-order valence-electron chi connectivity index (χ2n) is 5.19. The fourth-order valence-corrected chi connectivity index (χ4v) is 3.12. The number of para-hydroxylation sites is 2. The van der Waals surface area contributed by atoms with E-state index in [1.54, 1.807) is 13.4 Å². The minimum atomic E-state index is -0.208. The van der Waals surface area contributed by atoms with Gasteiger partial charge in [-0.3, -0.25) is 9.59 Å². The highest BCUT2D eigenvalue weighted by Crippen LogP contribution is 2.18. The average molecular weight is 343 g/mol. The first-order chi connectivity index (χ1) is 11.7. The van der Waals surface area contributed by atoms with Gasteiger partial charge in [0.2, 0.25) is 5.91 Å². The third-order valence-corrected chi connectivity index (χ3v) is 4.44. The van der Waals surface area contributed by atoms with Gasteiger partial charge in [0.05, 0.1) is 23.6 Å². The number of carbonyl (C=O) groups excluding carboxylic acids is 2. The zero-order chi connectivity index (χ0) is 16.9. The number of aromatic nitrogens is 3. The van der Waals surface area contributed by atoms with Crippen LogP contribution in [0.25, 0.3) is 11.0 Å². The summed E-state index contributed by atoms with van der Waals surface area (Å²) in [6.07, 6.45) is 4.32. The van der Waals surface area contributed by atoms with Crippen LogP contribution in [0.4, 0.5) is 5.13 Å². The summed E-state index contributed by atoms with van der Waals surface area (Å²) in [5.74, 6) is -0.322. The lowest BCUT2D eigenvalue weighted by Gasteiger charge is -2.04. The molecule has 7 nitrogen and oxygen atoms in total. The van der Waals surface area contributed by atoms with Gasteiger partial charge in [-0.25, -0.2) is 9.97 Å². The number of aryl methyl sites for hydroxylation is 1. The summed E-state index contributed by atoms with van der Waals surface area (Å²) in [4.78, 5) is 32.3. The number of nitrogens with zero attached hydrogens (tertiary/aromatic N) is 3. The van der Waals surface area contributed by atoms with Crippen molar-refractivity contribution in [1.82, 2.24) is 19.9 Å². The fraction of sp³-hybridized carbons (Fsp3) is 0.250. The van der Waals surface area contributed by atoms with Crippen LogP contribution >= 0.6 is 11.3 Å². The number of rotatable bonds is 6. The van der Waals surface area contributed by atoms with Gasteiger partial charge in [0.25, 0.3) is 5.91 Å². The Bertz CT molecular complexity index is 870. The van der Waals surface area contributed by atoms with E-state index in [2.05, 4.69) is 20.6 Å². The van der Waals surface area contributed by atoms with E-state index in [-0.39, 0.29) is 11.8 Å². The predicted octanol–water partition coefficient (Wildman–Crippen LogP) is 2.27. The van der Waals surface area contributed by atoms with E-state index in [0.717, 1.165) is 28.9 Å². The number of thiazole rings is 1. The molecule has 0 aliphatic heterocycles. The molecule has 3 aromatic rings. The predicted molar refractivity (Wildman–Crippen MR) is 93.1 cm³/mol. The number of hydrogen-bond acceptors (Lipinski definition) is 5. The Hall–Kier alpha value is -2.74. The molecule has 0 radical (unpaired) electrons. The summed E-state index contributed by atoms with van der Waals surface area (Å²) in [6.45, 7) is 0.718. The summed E-state index contributed by atoms with van der Waals surface area (Å²) in [5.41, 5.74) is 2.01. The summed E-state index contributed by atoms with van der Waals surface area (Å²) < 4.78 is 2.04. The lowest BCUT2D eigenvalue weighted by Crippen LogP contribution is -2.16. The van der Waals surface area contributed by atoms with Crippen LogP contribution in [-0.2, 0) is 11.3 Å². The lowest BCUT2D eigenvalue weighted by atomic mass is 10.2. The van der Waals surface area contributed by atoms with E-state index in [1.165, 1.54) is 6.20 Å². The minimum absolute atomic E-state index is 0.114. The van der Waals surface area contributed by atoms with Gasteiger partial charge < -0.3 is 15.2 Å². The summed E-state index contributed by atoms with van der Waals surface area (Å²) in [6, 6.07) is 7.90. The SMILES string of the molecule is CNC(=O)c1cnc(NC(=O)CCCn2cnc3ccccc32)s1. The number of benzene rings is 1. The van der Waals surface area contributed by atoms with Crippen LogP contribution in [0, 0.1) is 0 Å². The number of fused-ring (bicyclic) bond motifs is 1. The minimum Gasteiger partial charge on any atom is -0.354 e. The Morgan fingerprint density at radius 3 is 2.92 bits per heavy atom. The monoisotopic (exact) mass is 343 g/mol. The molecule has 2 N–H and O–H groups in total. The first-order valence-electron chi connectivity index (χ1n) is 7.55. The van der Waals surface area contributed by atoms with Crippen molar-refractivity contribution in [3.8, 4) is 0 Å². The first-order valence-corrected chi connectivity index (χ1v) is 8.36. The van der Waals surface area contributed by atoms with Crippen LogP contribution in [-0.4, -0.2) is 33.4 Å². The topological polar surface area (TPSA) is 88.9 Å². The molecule has 2 heterocycles. The molecule has 0 saturated carbocycles. The Labute approximate surface area is 142 Å². The quantitative estimate of drug-likeness (QED) is 0.718. The second kappa shape index (κ2) is 7.22. The van der Waals surface area contributed by atoms with Crippen LogP contribution in [0.5, 0.6) is 0 Å². The highest BCUT2D eigenvalue weighted by Gasteiger charge is 2.11. The van der Waals surface area contributed by atoms with Crippen molar-refractivity contribution in [2.24, 2.45) is 0 Å². The molecule has 0 saturated heterocycles. The van der Waals surface area contributed by atoms with Gasteiger partial charge in [0.15, 0.2) is 5.13 Å². The van der Waals surface area contributed by atoms with Gasteiger partial charge in [-0.05, 0) is 18.6 Å². The molecule has 8 heteroatoms. The Balaban J connectivity index is 1.51. The molecule has 0 spiro atoms. The number of amides is 2. The lowest BCUT2D eigenvalue weighted by molar-refractivity contribution is -0.116. The van der Waals surface area contributed by atoms with E-state index in [0.29, 0.717) is 22.9 Å². The van der Waals surface area contributed by atoms with Crippen LogP contribution in [0.2, 0.25) is 0 Å². The molecule has 0 fully saturated rings. The number of carbonyl (C=O) groups is 2. The third kappa shape index (κ3) is 3.60. The Morgan fingerprint density at radius 2 is 2.08 bits per heavy atom. The van der Waals surface area contributed by atoms with Gasteiger partial charge in [-0.15, -0.1) is 0 Å². The molecule has 0 unspecified atom stereocenters. The molecular formula is C16H17N5O2S. The molecule has 3 rings (SSSR count). The smallest absolute Gasteiger partial charge is 0.262 e. The number of nitrogens with one attached hydrogen (secondary N) is 2. The van der Waals surface area contributed by atoms with Crippen molar-refractivity contribution in [1.29, 1.82) is 0 Å². The Kier molecular flexibility index (Phi) is 4.85. The molecule has 0 aliphatic carbocycles. The van der Waals surface area contributed by atoms with Crippen molar-refractivity contribution in [2.75, 3.05) is 12.4 Å². The molecular weight excluding hydrogens is 326 g/mol. The molecule has 1 aromatic carbocycles. The van der Waals surface area contributed by atoms with Crippen LogP contribution in [0.3, 0.4) is 0 Å². The number of hydrogen-bond donors (Lipinski definition) is 2. The van der Waals surface area contributed by atoms with Crippen molar-refractivity contribution < 1.29 is 9.59 Å². The van der Waals surface area contributed by atoms with Gasteiger partial charge in [-0.2, -0.15) is 0 Å². The van der Waals surface area contributed by atoms with Crippen LogP contribution < -0.4 is 10.6 Å². The molecule has 0 atom stereocenters. The molecule has 24 heavy (non-hydrogen) atoms.